The van der Waals surface area contributed by atoms with Gasteiger partial charge in [0.15, 0.2) is 5.82 Å². The molecule has 3 heterocycles. The van der Waals surface area contributed by atoms with E-state index < -0.39 is 36.0 Å². The molecule has 196 valence electrons. The number of hydrogen-bond donors (Lipinski definition) is 2. The van der Waals surface area contributed by atoms with Crippen molar-refractivity contribution in [2.75, 3.05) is 13.2 Å². The molecular formula is C25H25ClF3N5O3. The number of halogens is 4. The van der Waals surface area contributed by atoms with Crippen LogP contribution in [0.5, 0.6) is 5.75 Å². The minimum atomic E-state index is -4.49. The first kappa shape index (κ1) is 25.3. The number of carbonyl (C=O) groups excluding carboxylic acids is 1. The second-order valence-electron chi connectivity index (χ2n) is 9.27. The van der Waals surface area contributed by atoms with Crippen molar-refractivity contribution in [1.29, 1.82) is 0 Å². The molecule has 5 rings (SSSR count). The van der Waals surface area contributed by atoms with Gasteiger partial charge in [-0.2, -0.15) is 13.2 Å². The Morgan fingerprint density at radius 2 is 1.97 bits per heavy atom. The van der Waals surface area contributed by atoms with Gasteiger partial charge in [-0.25, -0.2) is 4.79 Å². The Morgan fingerprint density at radius 3 is 2.70 bits per heavy atom. The molecule has 2 aromatic carbocycles. The summed E-state index contributed by atoms with van der Waals surface area (Å²) in [5, 5.41) is 22.5. The van der Waals surface area contributed by atoms with Gasteiger partial charge in [-0.15, -0.1) is 10.2 Å². The SMILES string of the molecule is Cc1nnc(C2CC(O)CN2C(=O)N[C@H]2CCOc3cc(C(F)(F)F)ccc32)n1Cc1ccc(Cl)cc1. The number of hydrogen-bond acceptors (Lipinski definition) is 5. The number of ether oxygens (including phenoxy) is 1. The molecule has 1 saturated heterocycles. The van der Waals surface area contributed by atoms with E-state index in [0.29, 0.717) is 35.2 Å². The molecule has 3 atom stereocenters. The van der Waals surface area contributed by atoms with Crippen molar-refractivity contribution >= 4 is 17.6 Å². The maximum Gasteiger partial charge on any atom is 0.416 e. The van der Waals surface area contributed by atoms with E-state index in [1.54, 1.807) is 12.1 Å². The molecular weight excluding hydrogens is 511 g/mol. The number of aliphatic hydroxyl groups is 1. The molecule has 2 amide bonds. The average molecular weight is 536 g/mol. The van der Waals surface area contributed by atoms with Crippen LogP contribution in [0.4, 0.5) is 18.0 Å². The number of nitrogens with one attached hydrogen (secondary N) is 1. The fraction of sp³-hybridized carbons (Fsp3) is 0.400. The van der Waals surface area contributed by atoms with Gasteiger partial charge in [0.25, 0.3) is 0 Å². The summed E-state index contributed by atoms with van der Waals surface area (Å²) in [7, 11) is 0. The monoisotopic (exact) mass is 535 g/mol. The third-order valence-electron chi connectivity index (χ3n) is 6.73. The van der Waals surface area contributed by atoms with Crippen LogP contribution in [0.2, 0.25) is 5.02 Å². The first-order valence-electron chi connectivity index (χ1n) is 11.8. The number of fused-ring (bicyclic) bond motifs is 1. The molecule has 0 bridgehead atoms. The van der Waals surface area contributed by atoms with Crippen LogP contribution in [-0.4, -0.2) is 50.1 Å². The summed E-state index contributed by atoms with van der Waals surface area (Å²) in [5.74, 6) is 1.30. The maximum atomic E-state index is 13.4. The van der Waals surface area contributed by atoms with Crippen molar-refractivity contribution in [3.63, 3.8) is 0 Å². The molecule has 2 aliphatic heterocycles. The molecule has 0 saturated carbocycles. The third kappa shape index (κ3) is 5.24. The number of aliphatic hydroxyl groups excluding tert-OH is 1. The third-order valence-corrected chi connectivity index (χ3v) is 6.99. The molecule has 2 N–H and O–H groups in total. The van der Waals surface area contributed by atoms with Gasteiger partial charge in [-0.05, 0) is 36.8 Å². The van der Waals surface area contributed by atoms with E-state index >= 15 is 0 Å². The van der Waals surface area contributed by atoms with Crippen LogP contribution in [0.15, 0.2) is 42.5 Å². The van der Waals surface area contributed by atoms with Gasteiger partial charge in [0, 0.05) is 30.0 Å². The van der Waals surface area contributed by atoms with Crippen LogP contribution in [-0.2, 0) is 12.7 Å². The number of carbonyl (C=O) groups is 1. The van der Waals surface area contributed by atoms with E-state index in [9.17, 15) is 23.1 Å². The van der Waals surface area contributed by atoms with Crippen molar-refractivity contribution in [2.45, 2.75) is 50.7 Å². The molecule has 37 heavy (non-hydrogen) atoms. The van der Waals surface area contributed by atoms with Crippen molar-refractivity contribution < 1.29 is 27.8 Å². The first-order valence-corrected chi connectivity index (χ1v) is 12.2. The van der Waals surface area contributed by atoms with Crippen molar-refractivity contribution in [3.8, 4) is 5.75 Å². The molecule has 2 aliphatic rings. The second-order valence-corrected chi connectivity index (χ2v) is 9.70. The minimum Gasteiger partial charge on any atom is -0.493 e. The topological polar surface area (TPSA) is 92.5 Å². The predicted octanol–water partition coefficient (Wildman–Crippen LogP) is 4.65. The Kier molecular flexibility index (Phi) is 6.76. The lowest BCUT2D eigenvalue weighted by atomic mass is 9.98. The number of alkyl halides is 3. The van der Waals surface area contributed by atoms with Crippen molar-refractivity contribution in [3.05, 3.63) is 75.8 Å². The highest BCUT2D eigenvalue weighted by Crippen LogP contribution is 2.39. The normalized spacial score (nSPS) is 21.5. The van der Waals surface area contributed by atoms with Crippen LogP contribution in [0.3, 0.4) is 0 Å². The quantitative estimate of drug-likeness (QED) is 0.507. The summed E-state index contributed by atoms with van der Waals surface area (Å²) in [5.41, 5.74) is 0.641. The summed E-state index contributed by atoms with van der Waals surface area (Å²) >= 11 is 6.00. The van der Waals surface area contributed by atoms with Crippen LogP contribution in [0, 0.1) is 6.92 Å². The summed E-state index contributed by atoms with van der Waals surface area (Å²) in [4.78, 5) is 14.9. The van der Waals surface area contributed by atoms with Crippen LogP contribution >= 0.6 is 11.6 Å². The zero-order valence-corrected chi connectivity index (χ0v) is 20.6. The number of amides is 2. The molecule has 3 aromatic rings. The lowest BCUT2D eigenvalue weighted by Crippen LogP contribution is -2.43. The Hall–Kier alpha value is -3.31. The fourth-order valence-electron chi connectivity index (χ4n) is 4.84. The standard InChI is InChI=1S/C25H25ClF3N5O3/c1-14-31-32-23(33(14)12-15-2-5-17(26)6-3-15)21-11-18(35)13-34(21)24(36)30-20-8-9-37-22-10-16(25(27,28)29)4-7-19(20)22/h2-7,10,18,20-21,35H,8-9,11-13H2,1H3,(H,30,36)/t18?,20-,21?/m0/s1. The Bertz CT molecular complexity index is 1300. The van der Waals surface area contributed by atoms with E-state index in [0.717, 1.165) is 17.7 Å². The predicted molar refractivity (Wildman–Crippen MR) is 128 cm³/mol. The van der Waals surface area contributed by atoms with Crippen LogP contribution in [0.1, 0.15) is 53.3 Å². The number of nitrogens with zero attached hydrogens (tertiary/aromatic N) is 4. The van der Waals surface area contributed by atoms with Crippen LogP contribution < -0.4 is 10.1 Å². The van der Waals surface area contributed by atoms with Gasteiger partial charge < -0.3 is 24.6 Å². The number of aromatic nitrogens is 3. The van der Waals surface area contributed by atoms with E-state index in [1.165, 1.54) is 11.0 Å². The zero-order valence-electron chi connectivity index (χ0n) is 19.9. The maximum absolute atomic E-state index is 13.4. The van der Waals surface area contributed by atoms with Gasteiger partial charge >= 0.3 is 12.2 Å². The van der Waals surface area contributed by atoms with Crippen LogP contribution in [0.25, 0.3) is 0 Å². The summed E-state index contributed by atoms with van der Waals surface area (Å²) < 4.78 is 46.7. The summed E-state index contributed by atoms with van der Waals surface area (Å²) in [6.07, 6.45) is -4.57. The number of aryl methyl sites for hydroxylation is 1. The fourth-order valence-corrected chi connectivity index (χ4v) is 4.97. The molecule has 0 radical (unpaired) electrons. The number of urea groups is 1. The highest BCUT2D eigenvalue weighted by Gasteiger charge is 2.40. The Morgan fingerprint density at radius 1 is 1.22 bits per heavy atom. The molecule has 8 nitrogen and oxygen atoms in total. The summed E-state index contributed by atoms with van der Waals surface area (Å²) in [6.45, 7) is 2.53. The molecule has 0 aliphatic carbocycles. The number of β-amino-alcohol motifs (C(OH)–C–C–N with tert-alkyl or cyclic N) is 1. The van der Waals surface area contributed by atoms with E-state index in [4.69, 9.17) is 16.3 Å². The Labute approximate surface area is 216 Å². The van der Waals surface area contributed by atoms with E-state index in [1.807, 2.05) is 23.6 Å². The van der Waals surface area contributed by atoms with Gasteiger partial charge in [0.2, 0.25) is 0 Å². The minimum absolute atomic E-state index is 0.0897. The largest absolute Gasteiger partial charge is 0.493 e. The average Bonchev–Trinajstić information content (AvgIpc) is 3.42. The first-order chi connectivity index (χ1) is 17.6. The smallest absolute Gasteiger partial charge is 0.416 e. The molecule has 0 spiro atoms. The molecule has 12 heteroatoms. The number of benzene rings is 2. The van der Waals surface area contributed by atoms with Gasteiger partial charge in [0.1, 0.15) is 11.6 Å². The molecule has 2 unspecified atom stereocenters. The molecule has 1 aromatic heterocycles. The van der Waals surface area contributed by atoms with Crippen molar-refractivity contribution in [1.82, 2.24) is 25.0 Å². The van der Waals surface area contributed by atoms with Gasteiger partial charge in [-0.3, -0.25) is 0 Å². The van der Waals surface area contributed by atoms with Gasteiger partial charge in [0.05, 0.1) is 36.9 Å². The highest BCUT2D eigenvalue weighted by molar-refractivity contribution is 6.30. The summed E-state index contributed by atoms with van der Waals surface area (Å²) in [6, 6.07) is 9.13. The van der Waals surface area contributed by atoms with Gasteiger partial charge in [-0.1, -0.05) is 29.8 Å². The molecule has 1 fully saturated rings. The van der Waals surface area contributed by atoms with E-state index in [-0.39, 0.29) is 25.3 Å². The second kappa shape index (κ2) is 9.86. The zero-order chi connectivity index (χ0) is 26.3. The Balaban J connectivity index is 1.37. The lowest BCUT2D eigenvalue weighted by Gasteiger charge is -2.31. The number of likely N-dealkylation sites (tertiary alicyclic amines) is 1. The lowest BCUT2D eigenvalue weighted by molar-refractivity contribution is -0.137. The van der Waals surface area contributed by atoms with E-state index in [2.05, 4.69) is 15.5 Å². The highest BCUT2D eigenvalue weighted by atomic mass is 35.5. The van der Waals surface area contributed by atoms with Crippen molar-refractivity contribution in [2.24, 2.45) is 0 Å². The number of rotatable bonds is 4.